The molecular weight excluding hydrogens is 542 g/mol. The number of fused-ring (bicyclic) bond motifs is 1. The Morgan fingerprint density at radius 3 is 2.57 bits per heavy atom. The largest absolute Gasteiger partial charge is 0.282 e. The average molecular weight is 563 g/mol. The number of benzene rings is 2. The van der Waals surface area contributed by atoms with Crippen LogP contribution in [-0.4, -0.2) is 41.7 Å². The Balaban J connectivity index is 1.38. The number of carbonyl (C=O) groups is 1. The second kappa shape index (κ2) is 10.4. The lowest BCUT2D eigenvalue weighted by atomic mass is 9.96. The number of thiazole rings is 1. The summed E-state index contributed by atoms with van der Waals surface area (Å²) < 4.78 is 55.4. The van der Waals surface area contributed by atoms with E-state index < -0.39 is 32.5 Å². The van der Waals surface area contributed by atoms with Gasteiger partial charge in [-0.15, -0.1) is 0 Å². The van der Waals surface area contributed by atoms with E-state index in [1.165, 1.54) is 11.3 Å². The minimum atomic E-state index is -4.17. The number of nitrogens with zero attached hydrogens (tertiary/aromatic N) is 4. The van der Waals surface area contributed by atoms with Crippen molar-refractivity contribution in [2.75, 3.05) is 18.0 Å². The Labute approximate surface area is 221 Å². The third-order valence-electron chi connectivity index (χ3n) is 6.22. The number of para-hydroxylation sites is 1. The molecule has 0 N–H and O–H groups in total. The highest BCUT2D eigenvalue weighted by Gasteiger charge is 2.36. The van der Waals surface area contributed by atoms with Crippen LogP contribution in [0.3, 0.4) is 0 Å². The minimum Gasteiger partial charge on any atom is -0.282 e. The number of anilines is 1. The molecule has 0 atom stereocenters. The van der Waals surface area contributed by atoms with Crippen molar-refractivity contribution < 1.29 is 22.0 Å². The molecule has 192 valence electrons. The summed E-state index contributed by atoms with van der Waals surface area (Å²) in [6.07, 6.45) is 2.13. The molecule has 0 spiro atoms. The number of amides is 1. The van der Waals surface area contributed by atoms with Gasteiger partial charge in [-0.25, -0.2) is 22.2 Å². The zero-order valence-electron chi connectivity index (χ0n) is 19.4. The second-order valence-electron chi connectivity index (χ2n) is 8.58. The molecule has 1 amide bonds. The molecule has 2 aromatic heterocycles. The number of rotatable bonds is 6. The van der Waals surface area contributed by atoms with Crippen LogP contribution in [0.5, 0.6) is 0 Å². The zero-order chi connectivity index (χ0) is 26.2. The number of piperidine rings is 1. The van der Waals surface area contributed by atoms with E-state index in [9.17, 15) is 22.0 Å². The number of halogens is 3. The van der Waals surface area contributed by atoms with E-state index in [4.69, 9.17) is 11.6 Å². The van der Waals surface area contributed by atoms with Crippen LogP contribution in [0.15, 0.2) is 65.7 Å². The van der Waals surface area contributed by atoms with Gasteiger partial charge in [0.1, 0.15) is 22.0 Å². The normalized spacial score (nSPS) is 15.2. The van der Waals surface area contributed by atoms with E-state index in [0.717, 1.165) is 21.1 Å². The van der Waals surface area contributed by atoms with E-state index in [0.29, 0.717) is 27.4 Å². The Morgan fingerprint density at radius 1 is 1.11 bits per heavy atom. The molecule has 0 radical (unpaired) electrons. The van der Waals surface area contributed by atoms with Gasteiger partial charge in [0, 0.05) is 31.3 Å². The van der Waals surface area contributed by atoms with Crippen molar-refractivity contribution in [3.63, 3.8) is 0 Å². The van der Waals surface area contributed by atoms with E-state index in [1.54, 1.807) is 23.2 Å². The van der Waals surface area contributed by atoms with Gasteiger partial charge in [0.05, 0.1) is 22.0 Å². The van der Waals surface area contributed by atoms with Crippen molar-refractivity contribution in [3.05, 3.63) is 83.1 Å². The third-order valence-corrected chi connectivity index (χ3v) is 9.50. The maximum Gasteiger partial charge on any atom is 0.245 e. The van der Waals surface area contributed by atoms with Gasteiger partial charge in [-0.3, -0.25) is 14.7 Å². The first-order valence-corrected chi connectivity index (χ1v) is 14.1. The Bertz CT molecular complexity index is 1560. The summed E-state index contributed by atoms with van der Waals surface area (Å²) in [6.45, 7) is 0.244. The number of carbonyl (C=O) groups excluding carboxylic acids is 1. The second-order valence-corrected chi connectivity index (χ2v) is 11.9. The van der Waals surface area contributed by atoms with E-state index >= 15 is 0 Å². The average Bonchev–Trinajstić information content (AvgIpc) is 3.33. The van der Waals surface area contributed by atoms with Gasteiger partial charge in [0.2, 0.25) is 15.9 Å². The SMILES string of the molecule is O=C(C1CCN(S(=O)(=O)c2ccc(F)cc2F)CC1)N(Cc1ccccn1)c1nc2c(Cl)cccc2s1. The van der Waals surface area contributed by atoms with Gasteiger partial charge in [-0.2, -0.15) is 4.31 Å². The van der Waals surface area contributed by atoms with Crippen LogP contribution in [0.1, 0.15) is 18.5 Å². The lowest BCUT2D eigenvalue weighted by Crippen LogP contribution is -2.44. The summed E-state index contributed by atoms with van der Waals surface area (Å²) >= 11 is 7.65. The summed E-state index contributed by atoms with van der Waals surface area (Å²) in [6, 6.07) is 13.2. The fourth-order valence-corrected chi connectivity index (χ4v) is 7.08. The number of aromatic nitrogens is 2. The summed E-state index contributed by atoms with van der Waals surface area (Å²) in [4.78, 5) is 23.7. The predicted molar refractivity (Wildman–Crippen MR) is 138 cm³/mol. The molecule has 0 unspecified atom stereocenters. The van der Waals surface area contributed by atoms with Crippen LogP contribution in [0.25, 0.3) is 10.2 Å². The number of hydrogen-bond acceptors (Lipinski definition) is 6. The quantitative estimate of drug-likeness (QED) is 0.320. The first-order valence-electron chi connectivity index (χ1n) is 11.5. The smallest absolute Gasteiger partial charge is 0.245 e. The molecule has 1 saturated heterocycles. The van der Waals surface area contributed by atoms with Gasteiger partial charge in [-0.05, 0) is 49.2 Å². The highest BCUT2D eigenvalue weighted by Crippen LogP contribution is 2.35. The van der Waals surface area contributed by atoms with Crippen molar-refractivity contribution in [2.24, 2.45) is 5.92 Å². The molecule has 7 nitrogen and oxygen atoms in total. The van der Waals surface area contributed by atoms with Crippen LogP contribution in [0.2, 0.25) is 5.02 Å². The molecular formula is C25H21ClF2N4O3S2. The fraction of sp³-hybridized carbons (Fsp3) is 0.240. The molecule has 12 heteroatoms. The minimum absolute atomic E-state index is 0.0264. The van der Waals surface area contributed by atoms with Gasteiger partial charge < -0.3 is 0 Å². The van der Waals surface area contributed by atoms with Gasteiger partial charge in [-0.1, -0.05) is 35.1 Å². The van der Waals surface area contributed by atoms with Gasteiger partial charge >= 0.3 is 0 Å². The highest BCUT2D eigenvalue weighted by atomic mass is 35.5. The zero-order valence-corrected chi connectivity index (χ0v) is 21.7. The summed E-state index contributed by atoms with van der Waals surface area (Å²) in [7, 11) is -4.17. The molecule has 0 saturated carbocycles. The maximum atomic E-state index is 14.2. The van der Waals surface area contributed by atoms with Crippen LogP contribution < -0.4 is 4.90 Å². The van der Waals surface area contributed by atoms with Crippen LogP contribution in [0, 0.1) is 17.6 Å². The first kappa shape index (κ1) is 25.7. The number of pyridine rings is 1. The summed E-state index contributed by atoms with van der Waals surface area (Å²) in [5.41, 5.74) is 1.28. The van der Waals surface area contributed by atoms with Crippen LogP contribution >= 0.6 is 22.9 Å². The molecule has 37 heavy (non-hydrogen) atoms. The molecule has 0 bridgehead atoms. The van der Waals surface area contributed by atoms with Crippen molar-refractivity contribution >= 4 is 54.2 Å². The highest BCUT2D eigenvalue weighted by molar-refractivity contribution is 7.89. The maximum absolute atomic E-state index is 14.2. The Hall–Kier alpha value is -2.99. The van der Waals surface area contributed by atoms with E-state index in [2.05, 4.69) is 9.97 Å². The van der Waals surface area contributed by atoms with E-state index in [-0.39, 0.29) is 38.4 Å². The molecule has 2 aromatic carbocycles. The Kier molecular flexibility index (Phi) is 7.21. The Morgan fingerprint density at radius 2 is 1.89 bits per heavy atom. The number of hydrogen-bond donors (Lipinski definition) is 0. The molecule has 1 aliphatic rings. The molecule has 0 aliphatic carbocycles. The first-order chi connectivity index (χ1) is 17.7. The van der Waals surface area contributed by atoms with Crippen molar-refractivity contribution in [2.45, 2.75) is 24.3 Å². The van der Waals surface area contributed by atoms with Gasteiger partial charge in [0.25, 0.3) is 0 Å². The molecule has 5 rings (SSSR count). The third kappa shape index (κ3) is 5.22. The van der Waals surface area contributed by atoms with E-state index in [1.807, 2.05) is 24.3 Å². The fourth-order valence-electron chi connectivity index (χ4n) is 4.30. The standard InChI is InChI=1S/C25H21ClF2N4O3S2/c26-19-5-3-6-21-23(19)30-25(36-21)32(15-18-4-1-2-11-29-18)24(33)16-9-12-31(13-10-16)37(34,35)22-8-7-17(27)14-20(22)28/h1-8,11,14,16H,9-10,12-13,15H2. The van der Waals surface area contributed by atoms with Crippen molar-refractivity contribution in [3.8, 4) is 0 Å². The molecule has 1 fully saturated rings. The molecule has 3 heterocycles. The van der Waals surface area contributed by atoms with Gasteiger partial charge in [0.15, 0.2) is 5.13 Å². The summed E-state index contributed by atoms with van der Waals surface area (Å²) in [5, 5.41) is 0.957. The summed E-state index contributed by atoms with van der Waals surface area (Å²) in [5.74, 6) is -2.68. The topological polar surface area (TPSA) is 83.5 Å². The monoisotopic (exact) mass is 562 g/mol. The number of sulfonamides is 1. The lowest BCUT2D eigenvalue weighted by Gasteiger charge is -2.33. The lowest BCUT2D eigenvalue weighted by molar-refractivity contribution is -0.123. The van der Waals surface area contributed by atoms with Crippen LogP contribution in [0.4, 0.5) is 13.9 Å². The van der Waals surface area contributed by atoms with Crippen LogP contribution in [-0.2, 0) is 21.4 Å². The molecule has 4 aromatic rings. The predicted octanol–water partition coefficient (Wildman–Crippen LogP) is 5.26. The van der Waals surface area contributed by atoms with Crippen molar-refractivity contribution in [1.29, 1.82) is 0 Å². The molecule has 1 aliphatic heterocycles. The van der Waals surface area contributed by atoms with Crippen molar-refractivity contribution in [1.82, 2.24) is 14.3 Å².